The minimum atomic E-state index is -3.40. The number of benzene rings is 1. The molecule has 0 saturated carbocycles. The smallest absolute Gasteiger partial charge is 0.275 e. The van der Waals surface area contributed by atoms with Gasteiger partial charge >= 0.3 is 0 Å². The van der Waals surface area contributed by atoms with Crippen LogP contribution in [0.1, 0.15) is 16.1 Å². The van der Waals surface area contributed by atoms with Gasteiger partial charge in [0, 0.05) is 24.6 Å². The largest absolute Gasteiger partial charge is 0.321 e. The van der Waals surface area contributed by atoms with E-state index in [0.29, 0.717) is 11.3 Å². The van der Waals surface area contributed by atoms with Gasteiger partial charge in [-0.05, 0) is 17.7 Å². The SMILES string of the molecule is C=CCNS(=O)(=O)Cc1ccc(NC(=O)c2cnccn2)cc1. The fraction of sp³-hybridized carbons (Fsp3) is 0.133. The van der Waals surface area contributed by atoms with E-state index >= 15 is 0 Å². The lowest BCUT2D eigenvalue weighted by Gasteiger charge is -2.07. The molecule has 0 aliphatic carbocycles. The zero-order valence-corrected chi connectivity index (χ0v) is 13.1. The Hall–Kier alpha value is -2.58. The molecule has 0 radical (unpaired) electrons. The molecule has 0 spiro atoms. The summed E-state index contributed by atoms with van der Waals surface area (Å²) in [7, 11) is -3.40. The molecule has 0 saturated heterocycles. The van der Waals surface area contributed by atoms with E-state index in [4.69, 9.17) is 0 Å². The van der Waals surface area contributed by atoms with Gasteiger partial charge in [0.05, 0.1) is 11.9 Å². The fourth-order valence-electron chi connectivity index (χ4n) is 1.75. The molecule has 0 fully saturated rings. The summed E-state index contributed by atoms with van der Waals surface area (Å²) in [5.74, 6) is -0.523. The van der Waals surface area contributed by atoms with Gasteiger partial charge in [0.15, 0.2) is 0 Å². The predicted octanol–water partition coefficient (Wildman–Crippen LogP) is 1.33. The van der Waals surface area contributed by atoms with Crippen LogP contribution in [0.3, 0.4) is 0 Å². The van der Waals surface area contributed by atoms with Crippen molar-refractivity contribution < 1.29 is 13.2 Å². The monoisotopic (exact) mass is 332 g/mol. The molecule has 23 heavy (non-hydrogen) atoms. The first kappa shape index (κ1) is 16.8. The molecule has 2 aromatic rings. The molecule has 0 atom stereocenters. The van der Waals surface area contributed by atoms with E-state index in [1.165, 1.54) is 24.7 Å². The molecule has 0 unspecified atom stereocenters. The molecule has 2 N–H and O–H groups in total. The molecule has 0 aliphatic rings. The summed E-state index contributed by atoms with van der Waals surface area (Å²) in [6.07, 6.45) is 5.75. The average Bonchev–Trinajstić information content (AvgIpc) is 2.55. The third-order valence-corrected chi connectivity index (χ3v) is 4.13. The molecule has 0 aliphatic heterocycles. The highest BCUT2D eigenvalue weighted by Gasteiger charge is 2.11. The molecule has 2 rings (SSSR count). The van der Waals surface area contributed by atoms with Gasteiger partial charge in [-0.3, -0.25) is 9.78 Å². The van der Waals surface area contributed by atoms with Crippen LogP contribution >= 0.6 is 0 Å². The minimum Gasteiger partial charge on any atom is -0.321 e. The summed E-state index contributed by atoms with van der Waals surface area (Å²) in [6.45, 7) is 3.65. The second kappa shape index (κ2) is 7.61. The lowest BCUT2D eigenvalue weighted by Crippen LogP contribution is -2.25. The van der Waals surface area contributed by atoms with Crippen LogP contribution in [0.25, 0.3) is 0 Å². The summed E-state index contributed by atoms with van der Waals surface area (Å²) in [4.78, 5) is 19.6. The summed E-state index contributed by atoms with van der Waals surface area (Å²) in [5, 5.41) is 2.66. The topological polar surface area (TPSA) is 101 Å². The predicted molar refractivity (Wildman–Crippen MR) is 87.3 cm³/mol. The summed E-state index contributed by atoms with van der Waals surface area (Å²) < 4.78 is 25.9. The zero-order valence-electron chi connectivity index (χ0n) is 12.3. The number of aromatic nitrogens is 2. The van der Waals surface area contributed by atoms with Crippen LogP contribution in [0.4, 0.5) is 5.69 Å². The molecule has 0 bridgehead atoms. The Morgan fingerprint density at radius 1 is 1.22 bits per heavy atom. The number of nitrogens with zero attached hydrogens (tertiary/aromatic N) is 2. The van der Waals surface area contributed by atoms with Gasteiger partial charge in [0.2, 0.25) is 10.0 Å². The Morgan fingerprint density at radius 3 is 2.57 bits per heavy atom. The number of carbonyl (C=O) groups excluding carboxylic acids is 1. The van der Waals surface area contributed by atoms with Gasteiger partial charge in [-0.2, -0.15) is 0 Å². The van der Waals surface area contributed by atoms with E-state index < -0.39 is 10.0 Å². The first-order chi connectivity index (χ1) is 11.0. The van der Waals surface area contributed by atoms with Crippen molar-refractivity contribution >= 4 is 21.6 Å². The summed E-state index contributed by atoms with van der Waals surface area (Å²) in [6, 6.07) is 6.54. The Balaban J connectivity index is 2.00. The van der Waals surface area contributed by atoms with Gasteiger partial charge in [-0.1, -0.05) is 18.2 Å². The van der Waals surface area contributed by atoms with E-state index in [2.05, 4.69) is 26.6 Å². The standard InChI is InChI=1S/C15H16N4O3S/c1-2-7-18-23(21,22)11-12-3-5-13(6-4-12)19-15(20)14-10-16-8-9-17-14/h2-6,8-10,18H,1,7,11H2,(H,19,20). The third-order valence-electron chi connectivity index (χ3n) is 2.81. The van der Waals surface area contributed by atoms with Crippen molar-refractivity contribution in [1.29, 1.82) is 0 Å². The minimum absolute atomic E-state index is 0.140. The molecule has 1 aromatic carbocycles. The van der Waals surface area contributed by atoms with Crippen LogP contribution in [-0.4, -0.2) is 30.8 Å². The van der Waals surface area contributed by atoms with Crippen molar-refractivity contribution in [2.45, 2.75) is 5.75 Å². The van der Waals surface area contributed by atoms with Crippen LogP contribution in [0, 0.1) is 0 Å². The molecule has 120 valence electrons. The first-order valence-corrected chi connectivity index (χ1v) is 8.40. The van der Waals surface area contributed by atoms with E-state index in [-0.39, 0.29) is 23.9 Å². The van der Waals surface area contributed by atoms with E-state index in [0.717, 1.165) is 0 Å². The summed E-state index contributed by atoms with van der Waals surface area (Å²) in [5.41, 5.74) is 1.35. The molecule has 7 nitrogen and oxygen atoms in total. The van der Waals surface area contributed by atoms with Crippen LogP contribution in [0.2, 0.25) is 0 Å². The van der Waals surface area contributed by atoms with Crippen molar-refractivity contribution in [1.82, 2.24) is 14.7 Å². The third kappa shape index (κ3) is 5.28. The maximum atomic E-state index is 11.9. The molecule has 1 amide bonds. The molecular weight excluding hydrogens is 316 g/mol. The average molecular weight is 332 g/mol. The van der Waals surface area contributed by atoms with Gasteiger partial charge in [0.25, 0.3) is 5.91 Å². The van der Waals surface area contributed by atoms with Crippen molar-refractivity contribution in [3.63, 3.8) is 0 Å². The normalized spacial score (nSPS) is 11.0. The lowest BCUT2D eigenvalue weighted by atomic mass is 10.2. The highest BCUT2D eigenvalue weighted by Crippen LogP contribution is 2.12. The number of carbonyl (C=O) groups is 1. The first-order valence-electron chi connectivity index (χ1n) is 6.75. The number of amides is 1. The number of anilines is 1. The summed E-state index contributed by atoms with van der Waals surface area (Å²) >= 11 is 0. The Labute approximate surface area is 134 Å². The Bertz CT molecular complexity index is 774. The van der Waals surface area contributed by atoms with Crippen LogP contribution in [-0.2, 0) is 15.8 Å². The zero-order chi connectivity index (χ0) is 16.7. The van der Waals surface area contributed by atoms with Gasteiger partial charge in [-0.15, -0.1) is 6.58 Å². The molecule has 1 heterocycles. The van der Waals surface area contributed by atoms with Crippen molar-refractivity contribution in [2.75, 3.05) is 11.9 Å². The maximum Gasteiger partial charge on any atom is 0.275 e. The highest BCUT2D eigenvalue weighted by molar-refractivity contribution is 7.88. The lowest BCUT2D eigenvalue weighted by molar-refractivity contribution is 0.102. The molecular formula is C15H16N4O3S. The molecule has 1 aromatic heterocycles. The van der Waals surface area contributed by atoms with Gasteiger partial charge < -0.3 is 5.32 Å². The highest BCUT2D eigenvalue weighted by atomic mass is 32.2. The number of rotatable bonds is 7. The van der Waals surface area contributed by atoms with Crippen molar-refractivity contribution in [2.24, 2.45) is 0 Å². The van der Waals surface area contributed by atoms with E-state index in [1.54, 1.807) is 24.3 Å². The Kier molecular flexibility index (Phi) is 5.56. The number of hydrogen-bond donors (Lipinski definition) is 2. The maximum absolute atomic E-state index is 11.9. The number of nitrogens with one attached hydrogen (secondary N) is 2. The van der Waals surface area contributed by atoms with Crippen LogP contribution < -0.4 is 10.0 Å². The van der Waals surface area contributed by atoms with Gasteiger partial charge in [0.1, 0.15) is 5.69 Å². The quantitative estimate of drug-likeness (QED) is 0.745. The number of sulfonamides is 1. The van der Waals surface area contributed by atoms with Crippen LogP contribution in [0.15, 0.2) is 55.5 Å². The fourth-order valence-corrected chi connectivity index (χ4v) is 2.86. The Morgan fingerprint density at radius 2 is 1.96 bits per heavy atom. The van der Waals surface area contributed by atoms with Crippen molar-refractivity contribution in [3.8, 4) is 0 Å². The van der Waals surface area contributed by atoms with Crippen molar-refractivity contribution in [3.05, 3.63) is 66.8 Å². The van der Waals surface area contributed by atoms with E-state index in [9.17, 15) is 13.2 Å². The number of hydrogen-bond acceptors (Lipinski definition) is 5. The van der Waals surface area contributed by atoms with Gasteiger partial charge in [-0.25, -0.2) is 18.1 Å². The second-order valence-corrected chi connectivity index (χ2v) is 6.44. The second-order valence-electron chi connectivity index (χ2n) is 4.64. The molecule has 8 heteroatoms. The van der Waals surface area contributed by atoms with Crippen LogP contribution in [0.5, 0.6) is 0 Å². The van der Waals surface area contributed by atoms with E-state index in [1.807, 2.05) is 0 Å².